The maximum atomic E-state index is 13.2. The lowest BCUT2D eigenvalue weighted by Gasteiger charge is -2.39. The van der Waals surface area contributed by atoms with Crippen molar-refractivity contribution in [2.24, 2.45) is 10.8 Å². The van der Waals surface area contributed by atoms with Crippen LogP contribution < -0.4 is 0 Å². The van der Waals surface area contributed by atoms with Gasteiger partial charge in [0.2, 0.25) is 0 Å². The molecular weight excluding hydrogens is 336 g/mol. The summed E-state index contributed by atoms with van der Waals surface area (Å²) in [7, 11) is -1.40. The molecular formula is C23H34O2Si. The van der Waals surface area contributed by atoms with E-state index in [1.807, 2.05) is 6.08 Å². The van der Waals surface area contributed by atoms with Gasteiger partial charge in [-0.3, -0.25) is 4.79 Å². The van der Waals surface area contributed by atoms with Crippen LogP contribution in [-0.4, -0.2) is 20.7 Å². The molecule has 0 N–H and O–H groups in total. The average molecular weight is 371 g/mol. The maximum absolute atomic E-state index is 13.2. The van der Waals surface area contributed by atoms with Gasteiger partial charge in [-0.25, -0.2) is 0 Å². The number of Topliss-reactive ketones (excluding diaryl/α,β-unsaturated/α-hetero) is 1. The van der Waals surface area contributed by atoms with Crippen LogP contribution in [-0.2, 0) is 9.22 Å². The van der Waals surface area contributed by atoms with Crippen LogP contribution in [0.3, 0.4) is 0 Å². The molecule has 2 aliphatic carbocycles. The number of unbranched alkanes of at least 4 members (excludes halogenated alkanes) is 1. The Morgan fingerprint density at radius 1 is 1.12 bits per heavy atom. The first-order valence-corrected chi connectivity index (χ1v) is 13.3. The van der Waals surface area contributed by atoms with Crippen LogP contribution in [0.15, 0.2) is 35.5 Å². The van der Waals surface area contributed by atoms with E-state index in [1.165, 1.54) is 5.57 Å². The summed E-state index contributed by atoms with van der Waals surface area (Å²) in [6.07, 6.45) is 12.8. The lowest BCUT2D eigenvalue weighted by Crippen LogP contribution is -2.38. The van der Waals surface area contributed by atoms with Crippen molar-refractivity contribution >= 4 is 14.1 Å². The van der Waals surface area contributed by atoms with E-state index in [0.29, 0.717) is 5.78 Å². The minimum Gasteiger partial charge on any atom is -0.418 e. The second kappa shape index (κ2) is 8.11. The number of allylic oxidation sites excluding steroid dienone is 6. The molecule has 0 aromatic rings. The standard InChI is InChI=1S/C23H34O2Si/c1-7-23(15-11-9-8-10-12-18-25-26(4,5)6)17-16-22(3)19(2)13-14-20(22)21(23)24/h13-14,16-17H,7,10-12,15,18H2,1-6H3. The van der Waals surface area contributed by atoms with E-state index in [-0.39, 0.29) is 10.8 Å². The summed E-state index contributed by atoms with van der Waals surface area (Å²) in [5.41, 5.74) is 1.63. The Labute approximate surface area is 160 Å². The maximum Gasteiger partial charge on any atom is 0.183 e. The summed E-state index contributed by atoms with van der Waals surface area (Å²) in [5, 5.41) is 0. The zero-order valence-electron chi connectivity index (χ0n) is 17.4. The van der Waals surface area contributed by atoms with Crippen molar-refractivity contribution in [1.29, 1.82) is 0 Å². The van der Waals surface area contributed by atoms with E-state index in [0.717, 1.165) is 44.3 Å². The van der Waals surface area contributed by atoms with Crippen LogP contribution in [0, 0.1) is 22.7 Å². The number of hydrogen-bond acceptors (Lipinski definition) is 2. The molecule has 2 atom stereocenters. The van der Waals surface area contributed by atoms with Gasteiger partial charge in [-0.15, -0.1) is 11.8 Å². The number of carbonyl (C=O) groups excluding carboxylic acids is 1. The van der Waals surface area contributed by atoms with Crippen molar-refractivity contribution in [1.82, 2.24) is 0 Å². The third kappa shape index (κ3) is 4.48. The van der Waals surface area contributed by atoms with Crippen LogP contribution in [0.1, 0.15) is 52.9 Å². The Kier molecular flexibility index (Phi) is 6.53. The molecule has 2 nitrogen and oxygen atoms in total. The monoisotopic (exact) mass is 370 g/mol. The first-order valence-electron chi connectivity index (χ1n) is 9.89. The number of carbonyl (C=O) groups is 1. The number of hydrogen-bond donors (Lipinski definition) is 0. The van der Waals surface area contributed by atoms with Crippen LogP contribution in [0.4, 0.5) is 0 Å². The van der Waals surface area contributed by atoms with Crippen molar-refractivity contribution in [3.63, 3.8) is 0 Å². The van der Waals surface area contributed by atoms with Crippen LogP contribution in [0.25, 0.3) is 0 Å². The van der Waals surface area contributed by atoms with Gasteiger partial charge in [-0.1, -0.05) is 36.8 Å². The normalized spacial score (nSPS) is 27.5. The van der Waals surface area contributed by atoms with E-state index in [1.54, 1.807) is 0 Å². The summed E-state index contributed by atoms with van der Waals surface area (Å²) >= 11 is 0. The van der Waals surface area contributed by atoms with E-state index < -0.39 is 8.32 Å². The van der Waals surface area contributed by atoms with Crippen LogP contribution in [0.2, 0.25) is 19.6 Å². The van der Waals surface area contributed by atoms with Gasteiger partial charge >= 0.3 is 0 Å². The second-order valence-corrected chi connectivity index (χ2v) is 13.2. The van der Waals surface area contributed by atoms with Crippen molar-refractivity contribution in [3.05, 3.63) is 35.5 Å². The molecule has 2 rings (SSSR count). The summed E-state index contributed by atoms with van der Waals surface area (Å²) in [6, 6.07) is 0. The highest BCUT2D eigenvalue weighted by atomic mass is 28.4. The average Bonchev–Trinajstić information content (AvgIpc) is 2.87. The summed E-state index contributed by atoms with van der Waals surface area (Å²) in [6.45, 7) is 13.8. The van der Waals surface area contributed by atoms with Gasteiger partial charge in [0, 0.05) is 30.4 Å². The molecule has 0 aliphatic heterocycles. The minimum absolute atomic E-state index is 0.197. The van der Waals surface area contributed by atoms with Crippen molar-refractivity contribution < 1.29 is 9.22 Å². The molecule has 0 radical (unpaired) electrons. The predicted molar refractivity (Wildman–Crippen MR) is 112 cm³/mol. The van der Waals surface area contributed by atoms with Crippen LogP contribution in [0.5, 0.6) is 0 Å². The summed E-state index contributed by atoms with van der Waals surface area (Å²) in [4.78, 5) is 13.2. The van der Waals surface area contributed by atoms with Gasteiger partial charge in [-0.2, -0.15) is 0 Å². The third-order valence-electron chi connectivity index (χ3n) is 5.74. The van der Waals surface area contributed by atoms with Gasteiger partial charge in [0.15, 0.2) is 14.1 Å². The first kappa shape index (κ1) is 20.9. The Bertz CT molecular complexity index is 696. The smallest absolute Gasteiger partial charge is 0.183 e. The largest absolute Gasteiger partial charge is 0.418 e. The number of rotatable bonds is 7. The lowest BCUT2D eigenvalue weighted by atomic mass is 9.62. The minimum atomic E-state index is -1.40. The molecule has 0 saturated heterocycles. The predicted octanol–water partition coefficient (Wildman–Crippen LogP) is 5.83. The zero-order valence-corrected chi connectivity index (χ0v) is 18.4. The Morgan fingerprint density at radius 2 is 1.81 bits per heavy atom. The van der Waals surface area contributed by atoms with Crippen molar-refractivity contribution in [2.45, 2.75) is 72.5 Å². The molecule has 0 aromatic heterocycles. The fourth-order valence-electron chi connectivity index (χ4n) is 3.62. The lowest BCUT2D eigenvalue weighted by molar-refractivity contribution is -0.124. The van der Waals surface area contributed by atoms with Gasteiger partial charge in [0.1, 0.15) is 0 Å². The molecule has 2 unspecified atom stereocenters. The third-order valence-corrected chi connectivity index (χ3v) is 6.81. The molecule has 0 fully saturated rings. The molecule has 2 aliphatic rings. The van der Waals surface area contributed by atoms with Gasteiger partial charge < -0.3 is 4.43 Å². The Hall–Kier alpha value is -1.37. The Morgan fingerprint density at radius 3 is 2.46 bits per heavy atom. The highest BCUT2D eigenvalue weighted by Crippen LogP contribution is 2.50. The fourth-order valence-corrected chi connectivity index (χ4v) is 4.38. The molecule has 0 spiro atoms. The molecule has 0 heterocycles. The topological polar surface area (TPSA) is 26.3 Å². The summed E-state index contributed by atoms with van der Waals surface area (Å²) < 4.78 is 5.84. The zero-order chi connectivity index (χ0) is 19.4. The SMILES string of the molecule is CCC1(CCC#CCCCO[Si](C)(C)C)C=CC2(C)C(C)=CC=C2C1=O. The van der Waals surface area contributed by atoms with Crippen molar-refractivity contribution in [2.75, 3.05) is 6.61 Å². The molecule has 0 saturated carbocycles. The quantitative estimate of drug-likeness (QED) is 0.244. The number of ketones is 1. The second-order valence-electron chi connectivity index (χ2n) is 8.72. The Balaban J connectivity index is 1.90. The van der Waals surface area contributed by atoms with Gasteiger partial charge in [-0.05, 0) is 52.8 Å². The molecule has 3 heteroatoms. The highest BCUT2D eigenvalue weighted by molar-refractivity contribution is 6.69. The molecule has 0 bridgehead atoms. The van der Waals surface area contributed by atoms with E-state index in [2.05, 4.69) is 70.5 Å². The van der Waals surface area contributed by atoms with E-state index in [9.17, 15) is 4.79 Å². The molecule has 0 amide bonds. The van der Waals surface area contributed by atoms with Crippen molar-refractivity contribution in [3.8, 4) is 11.8 Å². The fraction of sp³-hybridized carbons (Fsp3) is 0.609. The van der Waals surface area contributed by atoms with E-state index in [4.69, 9.17) is 4.43 Å². The van der Waals surface area contributed by atoms with E-state index >= 15 is 0 Å². The molecule has 26 heavy (non-hydrogen) atoms. The molecule has 142 valence electrons. The number of fused-ring (bicyclic) bond motifs is 1. The highest BCUT2D eigenvalue weighted by Gasteiger charge is 2.47. The molecule has 0 aromatic carbocycles. The first-order chi connectivity index (χ1) is 12.1. The van der Waals surface area contributed by atoms with Crippen LogP contribution >= 0.6 is 0 Å². The van der Waals surface area contributed by atoms with Gasteiger partial charge in [0.25, 0.3) is 0 Å². The summed E-state index contributed by atoms with van der Waals surface area (Å²) in [5.74, 6) is 6.82. The van der Waals surface area contributed by atoms with Gasteiger partial charge in [0.05, 0.1) is 5.41 Å².